The van der Waals surface area contributed by atoms with Crippen molar-refractivity contribution in [2.24, 2.45) is 5.92 Å². The van der Waals surface area contributed by atoms with E-state index in [1.165, 1.54) is 26.3 Å². The standard InChI is InChI=1S/C11H20N2O2/c1-9(14)11(15)12-6-5-10-4-3-7-13(2)8-10/h10H,3-8H2,1-2H3,(H,12,15). The Kier molecular flexibility index (Phi) is 4.75. The van der Waals surface area contributed by atoms with Crippen LogP contribution in [0.2, 0.25) is 0 Å². The Morgan fingerprint density at radius 1 is 1.47 bits per heavy atom. The van der Waals surface area contributed by atoms with E-state index in [-0.39, 0.29) is 0 Å². The van der Waals surface area contributed by atoms with Crippen molar-refractivity contribution in [2.75, 3.05) is 26.7 Å². The molecule has 86 valence electrons. The van der Waals surface area contributed by atoms with Gasteiger partial charge in [-0.2, -0.15) is 0 Å². The van der Waals surface area contributed by atoms with Crippen molar-refractivity contribution < 1.29 is 9.59 Å². The molecule has 0 spiro atoms. The van der Waals surface area contributed by atoms with Crippen LogP contribution in [0, 0.1) is 5.92 Å². The number of piperidine rings is 1. The molecule has 4 heteroatoms. The minimum absolute atomic E-state index is 0.407. The summed E-state index contributed by atoms with van der Waals surface area (Å²) in [7, 11) is 2.13. The van der Waals surface area contributed by atoms with Crippen LogP contribution in [0.25, 0.3) is 0 Å². The molecule has 1 heterocycles. The minimum atomic E-state index is -0.459. The van der Waals surface area contributed by atoms with Gasteiger partial charge in [0, 0.05) is 20.0 Å². The molecule has 0 aromatic heterocycles. The third kappa shape index (κ3) is 4.42. The van der Waals surface area contributed by atoms with Gasteiger partial charge in [-0.25, -0.2) is 0 Å². The van der Waals surface area contributed by atoms with Crippen LogP contribution in [0.5, 0.6) is 0 Å². The molecule has 0 aromatic rings. The first-order chi connectivity index (χ1) is 7.09. The lowest BCUT2D eigenvalue weighted by Crippen LogP contribution is -2.35. The van der Waals surface area contributed by atoms with Gasteiger partial charge in [0.25, 0.3) is 5.91 Å². The van der Waals surface area contributed by atoms with Crippen LogP contribution in [-0.2, 0) is 9.59 Å². The highest BCUT2D eigenvalue weighted by molar-refractivity contribution is 6.35. The maximum atomic E-state index is 11.0. The molecule has 1 saturated heterocycles. The predicted octanol–water partition coefficient (Wildman–Crippen LogP) is 0.424. The third-order valence-corrected chi connectivity index (χ3v) is 2.88. The van der Waals surface area contributed by atoms with Gasteiger partial charge in [0.15, 0.2) is 0 Å². The average molecular weight is 212 g/mol. The van der Waals surface area contributed by atoms with Crippen molar-refractivity contribution in [1.82, 2.24) is 10.2 Å². The van der Waals surface area contributed by atoms with Crippen LogP contribution in [0.3, 0.4) is 0 Å². The first kappa shape index (κ1) is 12.2. The van der Waals surface area contributed by atoms with E-state index in [1.54, 1.807) is 0 Å². The van der Waals surface area contributed by atoms with Crippen LogP contribution < -0.4 is 5.32 Å². The number of rotatable bonds is 4. The molecule has 1 rings (SSSR count). The molecule has 0 bridgehead atoms. The van der Waals surface area contributed by atoms with Gasteiger partial charge in [-0.15, -0.1) is 0 Å². The molecule has 1 aliphatic rings. The number of nitrogens with zero attached hydrogens (tertiary/aromatic N) is 1. The topological polar surface area (TPSA) is 49.4 Å². The fourth-order valence-corrected chi connectivity index (χ4v) is 2.02. The van der Waals surface area contributed by atoms with E-state index in [1.807, 2.05) is 0 Å². The van der Waals surface area contributed by atoms with E-state index in [9.17, 15) is 9.59 Å². The summed E-state index contributed by atoms with van der Waals surface area (Å²) < 4.78 is 0. The molecule has 15 heavy (non-hydrogen) atoms. The lowest BCUT2D eigenvalue weighted by Gasteiger charge is -2.29. The van der Waals surface area contributed by atoms with Gasteiger partial charge in [0.05, 0.1) is 0 Å². The van der Waals surface area contributed by atoms with E-state index in [4.69, 9.17) is 0 Å². The molecule has 0 radical (unpaired) electrons. The summed E-state index contributed by atoms with van der Waals surface area (Å²) >= 11 is 0. The normalized spacial score (nSPS) is 22.4. The van der Waals surface area contributed by atoms with Crippen LogP contribution in [0.1, 0.15) is 26.2 Å². The monoisotopic (exact) mass is 212 g/mol. The van der Waals surface area contributed by atoms with Gasteiger partial charge >= 0.3 is 0 Å². The fraction of sp³-hybridized carbons (Fsp3) is 0.818. The van der Waals surface area contributed by atoms with E-state index in [2.05, 4.69) is 17.3 Å². The second-order valence-electron chi connectivity index (χ2n) is 4.37. The van der Waals surface area contributed by atoms with Crippen LogP contribution in [0.4, 0.5) is 0 Å². The summed E-state index contributed by atoms with van der Waals surface area (Å²) in [5.41, 5.74) is 0. The molecule has 0 saturated carbocycles. The lowest BCUT2D eigenvalue weighted by atomic mass is 9.95. The average Bonchev–Trinajstić information content (AvgIpc) is 2.17. The molecule has 1 fully saturated rings. The van der Waals surface area contributed by atoms with Crippen LogP contribution >= 0.6 is 0 Å². The van der Waals surface area contributed by atoms with Crippen molar-refractivity contribution in [3.8, 4) is 0 Å². The molecule has 1 amide bonds. The van der Waals surface area contributed by atoms with Gasteiger partial charge < -0.3 is 10.2 Å². The molecular weight excluding hydrogens is 192 g/mol. The lowest BCUT2D eigenvalue weighted by molar-refractivity contribution is -0.136. The number of hydrogen-bond donors (Lipinski definition) is 1. The smallest absolute Gasteiger partial charge is 0.287 e. The van der Waals surface area contributed by atoms with Gasteiger partial charge in [-0.3, -0.25) is 9.59 Å². The van der Waals surface area contributed by atoms with Crippen molar-refractivity contribution >= 4 is 11.7 Å². The van der Waals surface area contributed by atoms with E-state index in [0.717, 1.165) is 13.0 Å². The minimum Gasteiger partial charge on any atom is -0.350 e. The third-order valence-electron chi connectivity index (χ3n) is 2.88. The summed E-state index contributed by atoms with van der Waals surface area (Å²) in [5.74, 6) is -0.203. The number of ketones is 1. The number of likely N-dealkylation sites (tertiary alicyclic amines) is 1. The van der Waals surface area contributed by atoms with E-state index in [0.29, 0.717) is 12.5 Å². The van der Waals surface area contributed by atoms with Crippen LogP contribution in [-0.4, -0.2) is 43.3 Å². The Hall–Kier alpha value is -0.900. The summed E-state index contributed by atoms with van der Waals surface area (Å²) in [5, 5.41) is 2.64. The quantitative estimate of drug-likeness (QED) is 0.687. The molecule has 1 unspecified atom stereocenters. The van der Waals surface area contributed by atoms with Gasteiger partial charge in [-0.05, 0) is 38.8 Å². The van der Waals surface area contributed by atoms with Crippen molar-refractivity contribution in [3.63, 3.8) is 0 Å². The largest absolute Gasteiger partial charge is 0.350 e. The number of hydrogen-bond acceptors (Lipinski definition) is 3. The number of carbonyl (C=O) groups excluding carboxylic acids is 2. The van der Waals surface area contributed by atoms with Gasteiger partial charge in [0.1, 0.15) is 0 Å². The highest BCUT2D eigenvalue weighted by Crippen LogP contribution is 2.17. The second kappa shape index (κ2) is 5.85. The van der Waals surface area contributed by atoms with Crippen molar-refractivity contribution in [2.45, 2.75) is 26.2 Å². The van der Waals surface area contributed by atoms with E-state index < -0.39 is 11.7 Å². The molecule has 1 N–H and O–H groups in total. The van der Waals surface area contributed by atoms with Gasteiger partial charge in [-0.1, -0.05) is 0 Å². The van der Waals surface area contributed by atoms with Gasteiger partial charge in [0.2, 0.25) is 5.78 Å². The Morgan fingerprint density at radius 2 is 2.20 bits per heavy atom. The molecule has 0 aliphatic carbocycles. The highest BCUT2D eigenvalue weighted by Gasteiger charge is 2.17. The zero-order chi connectivity index (χ0) is 11.3. The summed E-state index contributed by atoms with van der Waals surface area (Å²) in [6.07, 6.45) is 3.45. The number of amides is 1. The predicted molar refractivity (Wildman–Crippen MR) is 58.5 cm³/mol. The second-order valence-corrected chi connectivity index (χ2v) is 4.37. The molecule has 1 aliphatic heterocycles. The first-order valence-corrected chi connectivity index (χ1v) is 5.57. The van der Waals surface area contributed by atoms with Crippen LogP contribution in [0.15, 0.2) is 0 Å². The molecule has 4 nitrogen and oxygen atoms in total. The number of Topliss-reactive ketones (excluding diaryl/α,β-unsaturated/α-hetero) is 1. The highest BCUT2D eigenvalue weighted by atomic mass is 16.2. The number of carbonyl (C=O) groups is 2. The number of nitrogens with one attached hydrogen (secondary N) is 1. The molecule has 0 aromatic carbocycles. The Morgan fingerprint density at radius 3 is 2.80 bits per heavy atom. The fourth-order valence-electron chi connectivity index (χ4n) is 2.02. The first-order valence-electron chi connectivity index (χ1n) is 5.57. The zero-order valence-electron chi connectivity index (χ0n) is 9.58. The Labute approximate surface area is 91.0 Å². The van der Waals surface area contributed by atoms with E-state index >= 15 is 0 Å². The maximum absolute atomic E-state index is 11.0. The summed E-state index contributed by atoms with van der Waals surface area (Å²) in [6.45, 7) is 4.20. The Bertz CT molecular complexity index is 241. The van der Waals surface area contributed by atoms with Crippen molar-refractivity contribution in [3.05, 3.63) is 0 Å². The van der Waals surface area contributed by atoms with Crippen molar-refractivity contribution in [1.29, 1.82) is 0 Å². The Balaban J connectivity index is 2.14. The SMILES string of the molecule is CC(=O)C(=O)NCCC1CCCN(C)C1. The molecule has 1 atom stereocenters. The maximum Gasteiger partial charge on any atom is 0.287 e. The summed E-state index contributed by atoms with van der Waals surface area (Å²) in [4.78, 5) is 24.0. The molecular formula is C11H20N2O2. The summed E-state index contributed by atoms with van der Waals surface area (Å²) in [6, 6.07) is 0. The zero-order valence-corrected chi connectivity index (χ0v) is 9.58.